The first-order valence-corrected chi connectivity index (χ1v) is 7.32. The number of hydrogen-bond donors (Lipinski definition) is 0. The molecule has 2 rings (SSSR count). The third-order valence-corrected chi connectivity index (χ3v) is 4.33. The minimum Gasteiger partial charge on any atom is -0.303 e. The van der Waals surface area contributed by atoms with Crippen molar-refractivity contribution in [1.82, 2.24) is 4.90 Å². The number of benzene rings is 1. The molecule has 98 valence electrons. The fourth-order valence-electron chi connectivity index (χ4n) is 2.89. The van der Waals surface area contributed by atoms with Gasteiger partial charge in [0.05, 0.1) is 0 Å². The molecule has 1 aliphatic carbocycles. The van der Waals surface area contributed by atoms with Gasteiger partial charge in [-0.2, -0.15) is 0 Å². The predicted molar refractivity (Wildman–Crippen MR) is 77.4 cm³/mol. The quantitative estimate of drug-likeness (QED) is 0.774. The average molecular weight is 310 g/mol. The molecule has 0 aliphatic heterocycles. The highest BCUT2D eigenvalue weighted by molar-refractivity contribution is 9.10. The van der Waals surface area contributed by atoms with Gasteiger partial charge in [-0.25, -0.2) is 0 Å². The number of carbonyl (C=O) groups excluding carboxylic acids is 1. The lowest BCUT2D eigenvalue weighted by Crippen LogP contribution is -2.34. The second-order valence-corrected chi connectivity index (χ2v) is 6.40. The highest BCUT2D eigenvalue weighted by Gasteiger charge is 2.34. The van der Waals surface area contributed by atoms with Gasteiger partial charge in [0.2, 0.25) is 0 Å². The second-order valence-electron chi connectivity index (χ2n) is 5.49. The molecular weight excluding hydrogens is 290 g/mol. The van der Waals surface area contributed by atoms with E-state index >= 15 is 0 Å². The molecule has 3 heteroatoms. The Bertz CT molecular complexity index is 395. The van der Waals surface area contributed by atoms with E-state index in [0.29, 0.717) is 0 Å². The van der Waals surface area contributed by atoms with Crippen LogP contribution in [-0.4, -0.2) is 24.8 Å². The summed E-state index contributed by atoms with van der Waals surface area (Å²) in [7, 11) is 2.10. The van der Waals surface area contributed by atoms with E-state index in [1.165, 1.54) is 24.7 Å². The summed E-state index contributed by atoms with van der Waals surface area (Å²) >= 11 is 3.44. The van der Waals surface area contributed by atoms with E-state index in [1.54, 1.807) is 0 Å². The molecule has 1 saturated carbocycles. The normalized spacial score (nSPS) is 18.2. The molecule has 0 bridgehead atoms. The van der Waals surface area contributed by atoms with Crippen molar-refractivity contribution in [3.8, 4) is 0 Å². The molecule has 0 N–H and O–H groups in total. The van der Waals surface area contributed by atoms with E-state index in [-0.39, 0.29) is 5.41 Å². The fourth-order valence-corrected chi connectivity index (χ4v) is 3.15. The molecule has 1 aromatic carbocycles. The monoisotopic (exact) mass is 309 g/mol. The van der Waals surface area contributed by atoms with Crippen LogP contribution in [0.25, 0.3) is 0 Å². The van der Waals surface area contributed by atoms with Crippen LogP contribution in [0.5, 0.6) is 0 Å². The van der Waals surface area contributed by atoms with Gasteiger partial charge in [0.25, 0.3) is 0 Å². The zero-order valence-corrected chi connectivity index (χ0v) is 12.4. The molecular formula is C15H20BrNO. The van der Waals surface area contributed by atoms with Gasteiger partial charge in [-0.15, -0.1) is 0 Å². The van der Waals surface area contributed by atoms with Gasteiger partial charge in [-0.1, -0.05) is 40.9 Å². The van der Waals surface area contributed by atoms with Gasteiger partial charge in [0.1, 0.15) is 6.29 Å². The lowest BCUT2D eigenvalue weighted by molar-refractivity contribution is -0.116. The largest absolute Gasteiger partial charge is 0.303 e. The Kier molecular flexibility index (Phi) is 4.57. The van der Waals surface area contributed by atoms with Crippen LogP contribution in [-0.2, 0) is 11.3 Å². The number of halogens is 1. The summed E-state index contributed by atoms with van der Waals surface area (Å²) in [6.45, 7) is 1.79. The number of hydrogen-bond acceptors (Lipinski definition) is 2. The minimum absolute atomic E-state index is 0.0793. The molecule has 0 atom stereocenters. The number of nitrogens with zero attached hydrogens (tertiary/aromatic N) is 1. The molecule has 0 heterocycles. The molecule has 0 saturated heterocycles. The third kappa shape index (κ3) is 3.42. The van der Waals surface area contributed by atoms with Crippen LogP contribution in [0.2, 0.25) is 0 Å². The van der Waals surface area contributed by atoms with Gasteiger partial charge in [0.15, 0.2) is 0 Å². The highest BCUT2D eigenvalue weighted by Crippen LogP contribution is 2.36. The maximum Gasteiger partial charge on any atom is 0.127 e. The van der Waals surface area contributed by atoms with Gasteiger partial charge < -0.3 is 9.69 Å². The Hall–Kier alpha value is -0.670. The Morgan fingerprint density at radius 3 is 2.44 bits per heavy atom. The Balaban J connectivity index is 1.93. The summed E-state index contributed by atoms with van der Waals surface area (Å²) in [4.78, 5) is 13.6. The van der Waals surface area contributed by atoms with Gasteiger partial charge in [0, 0.05) is 23.0 Å². The molecule has 1 aliphatic rings. The van der Waals surface area contributed by atoms with E-state index in [9.17, 15) is 4.79 Å². The number of carbonyl (C=O) groups is 1. The van der Waals surface area contributed by atoms with Crippen molar-refractivity contribution in [3.63, 3.8) is 0 Å². The highest BCUT2D eigenvalue weighted by atomic mass is 79.9. The van der Waals surface area contributed by atoms with Crippen LogP contribution in [0.1, 0.15) is 31.2 Å². The molecule has 1 aromatic rings. The average Bonchev–Trinajstić information content (AvgIpc) is 2.81. The van der Waals surface area contributed by atoms with Crippen molar-refractivity contribution in [3.05, 3.63) is 34.3 Å². The number of aldehydes is 1. The van der Waals surface area contributed by atoms with E-state index < -0.39 is 0 Å². The van der Waals surface area contributed by atoms with Crippen LogP contribution < -0.4 is 0 Å². The Labute approximate surface area is 117 Å². The molecule has 0 spiro atoms. The van der Waals surface area contributed by atoms with Crippen molar-refractivity contribution in [2.75, 3.05) is 13.6 Å². The summed E-state index contributed by atoms with van der Waals surface area (Å²) in [5.41, 5.74) is 1.21. The van der Waals surface area contributed by atoms with Crippen molar-refractivity contribution in [1.29, 1.82) is 0 Å². The molecule has 2 nitrogen and oxygen atoms in total. The molecule has 0 radical (unpaired) electrons. The van der Waals surface area contributed by atoms with Crippen LogP contribution in [0.4, 0.5) is 0 Å². The first kappa shape index (κ1) is 13.8. The molecule has 1 fully saturated rings. The first-order chi connectivity index (χ1) is 8.63. The Morgan fingerprint density at radius 2 is 1.89 bits per heavy atom. The number of rotatable bonds is 5. The van der Waals surface area contributed by atoms with Crippen LogP contribution in [0.15, 0.2) is 28.7 Å². The van der Waals surface area contributed by atoms with Gasteiger partial charge in [-0.05, 0) is 37.6 Å². The maximum absolute atomic E-state index is 11.3. The topological polar surface area (TPSA) is 20.3 Å². The summed E-state index contributed by atoms with van der Waals surface area (Å²) < 4.78 is 1.11. The lowest BCUT2D eigenvalue weighted by atomic mass is 9.87. The summed E-state index contributed by atoms with van der Waals surface area (Å²) in [6.07, 6.45) is 5.70. The predicted octanol–water partition coefficient (Wildman–Crippen LogP) is 3.64. The van der Waals surface area contributed by atoms with Crippen LogP contribution in [0.3, 0.4) is 0 Å². The SMILES string of the molecule is CN(Cc1ccc(Br)cc1)CC1(C=O)CCCC1. The first-order valence-electron chi connectivity index (χ1n) is 6.53. The molecule has 0 amide bonds. The van der Waals surface area contributed by atoms with E-state index in [0.717, 1.165) is 30.4 Å². The summed E-state index contributed by atoms with van der Waals surface area (Å²) in [5, 5.41) is 0. The van der Waals surface area contributed by atoms with Crippen LogP contribution >= 0.6 is 15.9 Å². The Morgan fingerprint density at radius 1 is 1.28 bits per heavy atom. The summed E-state index contributed by atoms with van der Waals surface area (Å²) in [6, 6.07) is 8.38. The zero-order chi connectivity index (χ0) is 13.0. The fraction of sp³-hybridized carbons (Fsp3) is 0.533. The van der Waals surface area contributed by atoms with Crippen molar-refractivity contribution >= 4 is 22.2 Å². The van der Waals surface area contributed by atoms with E-state index in [1.807, 2.05) is 0 Å². The van der Waals surface area contributed by atoms with Crippen molar-refractivity contribution in [2.24, 2.45) is 5.41 Å². The maximum atomic E-state index is 11.3. The smallest absolute Gasteiger partial charge is 0.127 e. The zero-order valence-electron chi connectivity index (χ0n) is 10.9. The molecule has 0 unspecified atom stereocenters. The van der Waals surface area contributed by atoms with Crippen molar-refractivity contribution < 1.29 is 4.79 Å². The lowest BCUT2D eigenvalue weighted by Gasteiger charge is -2.28. The standard InChI is InChI=1S/C15H20BrNO/c1-17(10-13-4-6-14(16)7-5-13)11-15(12-18)8-2-3-9-15/h4-7,12H,2-3,8-11H2,1H3. The minimum atomic E-state index is -0.0793. The van der Waals surface area contributed by atoms with E-state index in [4.69, 9.17) is 0 Å². The van der Waals surface area contributed by atoms with Gasteiger partial charge >= 0.3 is 0 Å². The van der Waals surface area contributed by atoms with Crippen molar-refractivity contribution in [2.45, 2.75) is 32.2 Å². The second kappa shape index (κ2) is 5.98. The van der Waals surface area contributed by atoms with E-state index in [2.05, 4.69) is 52.1 Å². The third-order valence-electron chi connectivity index (χ3n) is 3.80. The summed E-state index contributed by atoms with van der Waals surface area (Å²) in [5.74, 6) is 0. The van der Waals surface area contributed by atoms with Gasteiger partial charge in [-0.3, -0.25) is 0 Å². The molecule has 18 heavy (non-hydrogen) atoms. The van der Waals surface area contributed by atoms with Crippen LogP contribution in [0, 0.1) is 5.41 Å². The molecule has 0 aromatic heterocycles.